The molecule has 1 aliphatic heterocycles. The summed E-state index contributed by atoms with van der Waals surface area (Å²) in [5.74, 6) is 1.57. The topological polar surface area (TPSA) is 42.0 Å². The van der Waals surface area contributed by atoms with E-state index in [0.29, 0.717) is 18.7 Å². The van der Waals surface area contributed by atoms with Gasteiger partial charge in [0.2, 0.25) is 5.91 Å². The third-order valence-corrected chi connectivity index (χ3v) is 5.98. The zero-order valence-corrected chi connectivity index (χ0v) is 16.9. The summed E-state index contributed by atoms with van der Waals surface area (Å²) in [6.07, 6.45) is 0.751. The van der Waals surface area contributed by atoms with Gasteiger partial charge in [-0.1, -0.05) is 18.2 Å². The van der Waals surface area contributed by atoms with Gasteiger partial charge in [-0.25, -0.2) is 4.39 Å². The van der Waals surface area contributed by atoms with Crippen LogP contribution in [0.4, 0.5) is 4.39 Å². The van der Waals surface area contributed by atoms with E-state index in [9.17, 15) is 9.18 Å². The largest absolute Gasteiger partial charge is 0.497 e. The molecule has 29 heavy (non-hydrogen) atoms. The number of nitrogens with zero attached hydrogens (tertiary/aromatic N) is 2. The first-order chi connectivity index (χ1) is 14.1. The van der Waals surface area contributed by atoms with Crippen molar-refractivity contribution >= 4 is 5.91 Å². The Morgan fingerprint density at radius 1 is 1.07 bits per heavy atom. The van der Waals surface area contributed by atoms with Crippen LogP contribution in [0, 0.1) is 11.7 Å². The Kier molecular flexibility index (Phi) is 5.72. The summed E-state index contributed by atoms with van der Waals surface area (Å²) in [5.41, 5.74) is 1.75. The quantitative estimate of drug-likeness (QED) is 0.749. The number of carbonyl (C=O) groups excluding carboxylic acids is 1. The summed E-state index contributed by atoms with van der Waals surface area (Å²) < 4.78 is 24.8. The van der Waals surface area contributed by atoms with Crippen LogP contribution < -0.4 is 9.47 Å². The highest BCUT2D eigenvalue weighted by Gasteiger charge is 2.47. The highest BCUT2D eigenvalue weighted by atomic mass is 19.1. The van der Waals surface area contributed by atoms with Gasteiger partial charge in [0.15, 0.2) is 0 Å². The maximum atomic E-state index is 14.0. The maximum Gasteiger partial charge on any atom is 0.226 e. The normalized spacial score (nSPS) is 21.7. The number of halogens is 1. The summed E-state index contributed by atoms with van der Waals surface area (Å²) in [4.78, 5) is 17.1. The van der Waals surface area contributed by atoms with Crippen LogP contribution in [0.25, 0.3) is 0 Å². The smallest absolute Gasteiger partial charge is 0.226 e. The number of hydrogen-bond donors (Lipinski definition) is 0. The molecule has 2 aromatic carbocycles. The number of methoxy groups -OCH3 is 2. The van der Waals surface area contributed by atoms with Crippen LogP contribution in [0.3, 0.4) is 0 Å². The summed E-state index contributed by atoms with van der Waals surface area (Å²) in [5, 5.41) is 0. The van der Waals surface area contributed by atoms with Crippen molar-refractivity contribution in [1.82, 2.24) is 9.80 Å². The number of benzene rings is 2. The molecule has 1 saturated carbocycles. The van der Waals surface area contributed by atoms with Crippen molar-refractivity contribution in [2.24, 2.45) is 5.92 Å². The van der Waals surface area contributed by atoms with Gasteiger partial charge in [0.1, 0.15) is 17.3 Å². The fraction of sp³-hybridized carbons (Fsp3) is 0.435. The van der Waals surface area contributed by atoms with Gasteiger partial charge in [-0.15, -0.1) is 0 Å². The molecule has 1 saturated heterocycles. The van der Waals surface area contributed by atoms with Gasteiger partial charge < -0.3 is 14.4 Å². The lowest BCUT2D eigenvalue weighted by Crippen LogP contribution is -2.48. The first kappa shape index (κ1) is 19.7. The molecule has 4 rings (SSSR count). The van der Waals surface area contributed by atoms with Crippen molar-refractivity contribution in [1.29, 1.82) is 0 Å². The number of hydrogen-bond acceptors (Lipinski definition) is 4. The van der Waals surface area contributed by atoms with E-state index >= 15 is 0 Å². The fourth-order valence-electron chi connectivity index (χ4n) is 4.19. The highest BCUT2D eigenvalue weighted by molar-refractivity contribution is 5.83. The van der Waals surface area contributed by atoms with E-state index in [4.69, 9.17) is 9.47 Å². The monoisotopic (exact) mass is 398 g/mol. The maximum absolute atomic E-state index is 14.0. The van der Waals surface area contributed by atoms with E-state index in [0.717, 1.165) is 43.1 Å². The molecule has 1 amide bonds. The Morgan fingerprint density at radius 2 is 1.83 bits per heavy atom. The average molecular weight is 398 g/mol. The number of ether oxygens (including phenoxy) is 2. The van der Waals surface area contributed by atoms with E-state index in [1.165, 1.54) is 6.07 Å². The van der Waals surface area contributed by atoms with Crippen LogP contribution in [0.2, 0.25) is 0 Å². The highest BCUT2D eigenvalue weighted by Crippen LogP contribution is 2.49. The molecule has 1 aliphatic carbocycles. The van der Waals surface area contributed by atoms with E-state index < -0.39 is 0 Å². The molecule has 0 N–H and O–H groups in total. The van der Waals surface area contributed by atoms with Crippen molar-refractivity contribution in [3.8, 4) is 11.5 Å². The van der Waals surface area contributed by atoms with Gasteiger partial charge in [-0.3, -0.25) is 9.69 Å². The lowest BCUT2D eigenvalue weighted by Gasteiger charge is -2.35. The predicted octanol–water partition coefficient (Wildman–Crippen LogP) is 3.29. The van der Waals surface area contributed by atoms with Crippen molar-refractivity contribution in [2.45, 2.75) is 18.9 Å². The third kappa shape index (κ3) is 4.22. The van der Waals surface area contributed by atoms with Crippen molar-refractivity contribution in [2.75, 3.05) is 40.4 Å². The molecule has 2 unspecified atom stereocenters. The molecule has 2 aliphatic rings. The van der Waals surface area contributed by atoms with Crippen LogP contribution in [-0.4, -0.2) is 56.1 Å². The van der Waals surface area contributed by atoms with Crippen molar-refractivity contribution in [3.05, 3.63) is 59.4 Å². The van der Waals surface area contributed by atoms with Crippen molar-refractivity contribution in [3.63, 3.8) is 0 Å². The molecule has 2 atom stereocenters. The lowest BCUT2D eigenvalue weighted by atomic mass is 10.1. The Hall–Kier alpha value is -2.60. The zero-order valence-electron chi connectivity index (χ0n) is 16.9. The molecule has 6 heteroatoms. The summed E-state index contributed by atoms with van der Waals surface area (Å²) in [6, 6.07) is 12.6. The molecular weight excluding hydrogens is 371 g/mol. The Labute approximate surface area is 171 Å². The Bertz CT molecular complexity index is 880. The first-order valence-corrected chi connectivity index (χ1v) is 10.1. The number of amides is 1. The minimum Gasteiger partial charge on any atom is -0.497 e. The molecule has 0 aromatic heterocycles. The van der Waals surface area contributed by atoms with E-state index in [2.05, 4.69) is 4.90 Å². The summed E-state index contributed by atoms with van der Waals surface area (Å²) in [6.45, 7) is 3.77. The van der Waals surface area contributed by atoms with E-state index in [1.54, 1.807) is 26.4 Å². The minimum absolute atomic E-state index is 0.0303. The molecule has 0 bridgehead atoms. The van der Waals surface area contributed by atoms with Crippen LogP contribution in [0.15, 0.2) is 42.5 Å². The van der Waals surface area contributed by atoms with Crippen molar-refractivity contribution < 1.29 is 18.7 Å². The minimum atomic E-state index is -0.204. The van der Waals surface area contributed by atoms with Gasteiger partial charge in [0.05, 0.1) is 14.2 Å². The second-order valence-corrected chi connectivity index (χ2v) is 7.75. The van der Waals surface area contributed by atoms with Gasteiger partial charge in [0.25, 0.3) is 0 Å². The Balaban J connectivity index is 1.32. The lowest BCUT2D eigenvalue weighted by molar-refractivity contribution is -0.134. The summed E-state index contributed by atoms with van der Waals surface area (Å²) >= 11 is 0. The predicted molar refractivity (Wildman–Crippen MR) is 109 cm³/mol. The molecule has 0 radical (unpaired) electrons. The molecule has 5 nitrogen and oxygen atoms in total. The van der Waals surface area contributed by atoms with E-state index in [-0.39, 0.29) is 23.6 Å². The number of rotatable bonds is 6. The van der Waals surface area contributed by atoms with Gasteiger partial charge in [0, 0.05) is 44.2 Å². The van der Waals surface area contributed by atoms with Gasteiger partial charge >= 0.3 is 0 Å². The number of piperazine rings is 1. The molecule has 1 heterocycles. The fourth-order valence-corrected chi connectivity index (χ4v) is 4.19. The Morgan fingerprint density at radius 3 is 2.52 bits per heavy atom. The van der Waals surface area contributed by atoms with Crippen LogP contribution in [0.5, 0.6) is 11.5 Å². The second-order valence-electron chi connectivity index (χ2n) is 7.75. The van der Waals surface area contributed by atoms with Gasteiger partial charge in [-0.05, 0) is 42.2 Å². The molecule has 0 spiro atoms. The SMILES string of the molecule is COc1ccc(OC)c(CN2CCN(C(=O)C3CC3c3ccccc3F)CC2)c1. The van der Waals surface area contributed by atoms with E-state index in [1.807, 2.05) is 29.2 Å². The average Bonchev–Trinajstić information content (AvgIpc) is 3.54. The standard InChI is InChI=1S/C23H27FN2O3/c1-28-17-7-8-22(29-2)16(13-17)15-25-9-11-26(12-10-25)23(27)20-14-19(20)18-5-3-4-6-21(18)24/h3-8,13,19-20H,9-12,14-15H2,1-2H3. The molecule has 154 valence electrons. The summed E-state index contributed by atoms with van der Waals surface area (Å²) in [7, 11) is 3.33. The van der Waals surface area contributed by atoms with Crippen LogP contribution in [0.1, 0.15) is 23.5 Å². The molecule has 2 aromatic rings. The third-order valence-electron chi connectivity index (χ3n) is 5.98. The molecular formula is C23H27FN2O3. The zero-order chi connectivity index (χ0) is 20.4. The van der Waals surface area contributed by atoms with Crippen LogP contribution in [-0.2, 0) is 11.3 Å². The first-order valence-electron chi connectivity index (χ1n) is 10.1. The second kappa shape index (κ2) is 8.41. The van der Waals surface area contributed by atoms with Crippen LogP contribution >= 0.6 is 0 Å². The number of carbonyl (C=O) groups is 1. The van der Waals surface area contributed by atoms with Gasteiger partial charge in [-0.2, -0.15) is 0 Å². The molecule has 2 fully saturated rings.